The summed E-state index contributed by atoms with van der Waals surface area (Å²) >= 11 is 3.39. The SMILES string of the molecule is BrCc1cc2c(o1)CCCC2.CCOC(=O)C[C@@H](c1ccc(O)cc1)c1nccn1C.Cn1ccnc1[C@@H](CC(=O)O)c1ccc(OCc2cc3c(o2)CCCC3)cc1. The number of imidazole rings is 2. The molecule has 0 spiro atoms. The minimum atomic E-state index is -0.852. The third-order valence-electron chi connectivity index (χ3n) is 10.6. The third kappa shape index (κ3) is 11.8. The molecule has 8 rings (SSSR count). The minimum absolute atomic E-state index is 0.0109. The first kappa shape index (κ1) is 43.0. The van der Waals surface area contributed by atoms with Crippen LogP contribution < -0.4 is 4.74 Å². The van der Waals surface area contributed by atoms with Gasteiger partial charge in [0.15, 0.2) is 0 Å². The van der Waals surface area contributed by atoms with Crippen LogP contribution in [-0.2, 0) is 66.0 Å². The summed E-state index contributed by atoms with van der Waals surface area (Å²) in [4.78, 5) is 31.8. The fourth-order valence-electron chi connectivity index (χ4n) is 7.60. The van der Waals surface area contributed by atoms with Crippen LogP contribution in [0.5, 0.6) is 11.5 Å². The van der Waals surface area contributed by atoms with Crippen molar-refractivity contribution in [3.63, 3.8) is 0 Å². The van der Waals surface area contributed by atoms with Gasteiger partial charge < -0.3 is 37.7 Å². The molecule has 2 aliphatic carbocycles. The third-order valence-corrected chi connectivity index (χ3v) is 11.1. The van der Waals surface area contributed by atoms with E-state index in [0.29, 0.717) is 13.2 Å². The Hall–Kier alpha value is -5.56. The molecule has 0 aliphatic heterocycles. The van der Waals surface area contributed by atoms with E-state index >= 15 is 0 Å². The number of furan rings is 2. The van der Waals surface area contributed by atoms with Crippen molar-refractivity contribution < 1.29 is 38.1 Å². The Labute approximate surface area is 353 Å². The Morgan fingerprint density at radius 3 is 1.76 bits per heavy atom. The predicted octanol–water partition coefficient (Wildman–Crippen LogP) is 9.34. The van der Waals surface area contributed by atoms with Gasteiger partial charge in [-0.25, -0.2) is 9.97 Å². The standard InChI is InChI=1S/C22H24N2O4.C15H18N2O3.C9H11BrO/c1-24-11-10-23-22(24)19(13-21(25)26)15-6-8-17(9-7-15)27-14-18-12-16-4-2-3-5-20(16)28-18;1-3-20-14(19)10-13(15-16-8-9-17(15)2)11-4-6-12(18)7-5-11;10-6-8-5-7-3-1-2-4-9(7)11-8/h6-12,19H,2-5,13-14H2,1H3,(H,25,26);4-9,13,18H,3,10H2,1-2H3;5H,1-4,6H2/t19-;13-;/m00./s1. The molecule has 312 valence electrons. The molecular weight excluding hydrogens is 816 g/mol. The van der Waals surface area contributed by atoms with Gasteiger partial charge in [-0.2, -0.15) is 0 Å². The summed E-state index contributed by atoms with van der Waals surface area (Å²) in [7, 11) is 3.76. The lowest BCUT2D eigenvalue weighted by atomic mass is 9.94. The fourth-order valence-corrected chi connectivity index (χ4v) is 7.88. The lowest BCUT2D eigenvalue weighted by Crippen LogP contribution is -2.14. The second-order valence-electron chi connectivity index (χ2n) is 14.8. The molecule has 0 radical (unpaired) electrons. The number of benzene rings is 2. The van der Waals surface area contributed by atoms with Crippen molar-refractivity contribution in [2.75, 3.05) is 6.61 Å². The van der Waals surface area contributed by atoms with Crippen molar-refractivity contribution in [3.05, 3.63) is 142 Å². The minimum Gasteiger partial charge on any atom is -0.508 e. The molecule has 0 saturated heterocycles. The number of nitrogens with zero attached hydrogens (tertiary/aromatic N) is 4. The quantitative estimate of drug-likeness (QED) is 0.0848. The van der Waals surface area contributed by atoms with Crippen LogP contribution in [0.3, 0.4) is 0 Å². The van der Waals surface area contributed by atoms with Crippen LogP contribution in [0.15, 0.2) is 94.3 Å². The Bertz CT molecular complexity index is 2210. The number of aromatic hydroxyl groups is 1. The second kappa shape index (κ2) is 20.9. The van der Waals surface area contributed by atoms with Gasteiger partial charge in [0, 0.05) is 51.7 Å². The smallest absolute Gasteiger partial charge is 0.306 e. The first-order chi connectivity index (χ1) is 28.6. The normalized spacial score (nSPS) is 14.0. The van der Waals surface area contributed by atoms with Crippen LogP contribution in [0.1, 0.15) is 114 Å². The largest absolute Gasteiger partial charge is 0.508 e. The maximum Gasteiger partial charge on any atom is 0.306 e. The highest BCUT2D eigenvalue weighted by molar-refractivity contribution is 9.08. The maximum absolute atomic E-state index is 11.8. The number of ether oxygens (including phenoxy) is 2. The number of aromatic nitrogens is 4. The van der Waals surface area contributed by atoms with E-state index in [1.54, 1.807) is 43.6 Å². The van der Waals surface area contributed by atoms with Crippen LogP contribution >= 0.6 is 15.9 Å². The van der Waals surface area contributed by atoms with Gasteiger partial charge in [-0.15, -0.1) is 0 Å². The topological polar surface area (TPSA) is 155 Å². The Morgan fingerprint density at radius 2 is 1.27 bits per heavy atom. The summed E-state index contributed by atoms with van der Waals surface area (Å²) in [6.07, 6.45) is 16.8. The van der Waals surface area contributed by atoms with Crippen molar-refractivity contribution in [1.82, 2.24) is 19.1 Å². The monoisotopic (exact) mass is 868 g/mol. The molecule has 0 amide bonds. The van der Waals surface area contributed by atoms with Crippen LogP contribution in [0.4, 0.5) is 0 Å². The summed E-state index contributed by atoms with van der Waals surface area (Å²) in [5.74, 6) is 5.13. The van der Waals surface area contributed by atoms with Gasteiger partial charge in [-0.05, 0) is 104 Å². The lowest BCUT2D eigenvalue weighted by Gasteiger charge is -2.16. The molecule has 2 aromatic carbocycles. The van der Waals surface area contributed by atoms with E-state index in [2.05, 4.69) is 38.0 Å². The summed E-state index contributed by atoms with van der Waals surface area (Å²) in [5.41, 5.74) is 4.57. The van der Waals surface area contributed by atoms with Gasteiger partial charge in [0.25, 0.3) is 0 Å². The van der Waals surface area contributed by atoms with E-state index in [9.17, 15) is 19.8 Å². The highest BCUT2D eigenvalue weighted by atomic mass is 79.9. The molecule has 2 N–H and O–H groups in total. The highest BCUT2D eigenvalue weighted by Gasteiger charge is 2.24. The van der Waals surface area contributed by atoms with Crippen molar-refractivity contribution in [1.29, 1.82) is 0 Å². The van der Waals surface area contributed by atoms with Crippen LogP contribution in [0, 0.1) is 0 Å². The van der Waals surface area contributed by atoms with Gasteiger partial charge in [0.1, 0.15) is 52.8 Å². The van der Waals surface area contributed by atoms with Crippen molar-refractivity contribution in [2.24, 2.45) is 14.1 Å². The number of halogens is 1. The van der Waals surface area contributed by atoms with Crippen molar-refractivity contribution >= 4 is 27.9 Å². The summed E-state index contributed by atoms with van der Waals surface area (Å²) in [6.45, 7) is 2.54. The molecule has 2 atom stereocenters. The molecule has 0 saturated carbocycles. The number of carboxylic acid groups (broad SMARTS) is 1. The van der Waals surface area contributed by atoms with Gasteiger partial charge in [-0.1, -0.05) is 40.2 Å². The molecule has 2 aliphatic rings. The van der Waals surface area contributed by atoms with Gasteiger partial charge in [0.2, 0.25) is 0 Å². The number of carbonyl (C=O) groups excluding carboxylic acids is 1. The average Bonchev–Trinajstić information content (AvgIpc) is 4.06. The summed E-state index contributed by atoms with van der Waals surface area (Å²) in [5, 5.41) is 19.5. The lowest BCUT2D eigenvalue weighted by molar-refractivity contribution is -0.143. The number of fused-ring (bicyclic) bond motifs is 2. The zero-order chi connectivity index (χ0) is 41.7. The predicted molar refractivity (Wildman–Crippen MR) is 226 cm³/mol. The average molecular weight is 870 g/mol. The molecule has 4 aromatic heterocycles. The molecule has 0 unspecified atom stereocenters. The number of hydrogen-bond acceptors (Lipinski definition) is 9. The number of carboxylic acids is 1. The molecule has 6 aromatic rings. The van der Waals surface area contributed by atoms with E-state index in [0.717, 1.165) is 70.4 Å². The fraction of sp³-hybridized carbons (Fsp3) is 0.391. The number of hydrogen-bond donors (Lipinski definition) is 2. The van der Waals surface area contributed by atoms with Crippen LogP contribution in [0.25, 0.3) is 0 Å². The van der Waals surface area contributed by atoms with E-state index in [1.165, 1.54) is 49.0 Å². The first-order valence-electron chi connectivity index (χ1n) is 20.2. The summed E-state index contributed by atoms with van der Waals surface area (Å²) < 4.78 is 26.1. The number of alkyl halides is 1. The molecule has 13 heteroatoms. The van der Waals surface area contributed by atoms with Crippen molar-refractivity contribution in [2.45, 2.75) is 94.9 Å². The van der Waals surface area contributed by atoms with Crippen LogP contribution in [0.2, 0.25) is 0 Å². The number of rotatable bonds is 13. The number of aliphatic carboxylic acids is 1. The van der Waals surface area contributed by atoms with Crippen LogP contribution in [-0.4, -0.2) is 47.9 Å². The number of phenolic OH excluding ortho intramolecular Hbond substituents is 1. The van der Waals surface area contributed by atoms with E-state index in [-0.39, 0.29) is 36.4 Å². The van der Waals surface area contributed by atoms with Gasteiger partial charge >= 0.3 is 11.9 Å². The maximum atomic E-state index is 11.8. The number of esters is 1. The molecule has 12 nitrogen and oxygen atoms in total. The molecule has 0 bridgehead atoms. The van der Waals surface area contributed by atoms with E-state index in [4.69, 9.17) is 18.3 Å². The number of carbonyl (C=O) groups is 2. The van der Waals surface area contributed by atoms with Gasteiger partial charge in [-0.3, -0.25) is 9.59 Å². The zero-order valence-electron chi connectivity index (χ0n) is 33.9. The van der Waals surface area contributed by atoms with Crippen molar-refractivity contribution in [3.8, 4) is 11.5 Å². The number of phenols is 1. The Morgan fingerprint density at radius 1 is 0.763 bits per heavy atom. The molecule has 0 fully saturated rings. The highest BCUT2D eigenvalue weighted by Crippen LogP contribution is 2.31. The molecular formula is C46H53BrN4O8. The molecule has 4 heterocycles. The molecule has 59 heavy (non-hydrogen) atoms. The zero-order valence-corrected chi connectivity index (χ0v) is 35.5. The second-order valence-corrected chi connectivity index (χ2v) is 15.4. The van der Waals surface area contributed by atoms with Gasteiger partial charge in [0.05, 0.1) is 36.6 Å². The van der Waals surface area contributed by atoms with E-state index in [1.807, 2.05) is 59.9 Å². The summed E-state index contributed by atoms with van der Waals surface area (Å²) in [6, 6.07) is 18.7. The van der Waals surface area contributed by atoms with E-state index < -0.39 is 5.97 Å². The Balaban J connectivity index is 0.000000164. The Kier molecular flexibility index (Phi) is 15.3. The first-order valence-corrected chi connectivity index (χ1v) is 21.3. The number of aryl methyl sites for hydroxylation is 6.